The molecule has 19 heavy (non-hydrogen) atoms. The summed E-state index contributed by atoms with van der Waals surface area (Å²) in [5, 5.41) is 0. The molecule has 0 aliphatic heterocycles. The van der Waals surface area contributed by atoms with Gasteiger partial charge in [0.2, 0.25) is 16.7 Å². The molecule has 0 N–H and O–H groups in total. The van der Waals surface area contributed by atoms with Crippen LogP contribution in [0, 0.1) is 0 Å². The normalized spacial score (nSPS) is 10.9. The van der Waals surface area contributed by atoms with Crippen molar-refractivity contribution in [3.8, 4) is 0 Å². The zero-order valence-corrected chi connectivity index (χ0v) is 12.7. The largest absolute Gasteiger partial charge is 0.726 e. The molecule has 0 unspecified atom stereocenters. The second kappa shape index (κ2) is 9.94. The van der Waals surface area contributed by atoms with Gasteiger partial charge in [-0.1, -0.05) is 26.7 Å². The summed E-state index contributed by atoms with van der Waals surface area (Å²) in [5.74, 6) is 0. The van der Waals surface area contributed by atoms with Crippen molar-refractivity contribution < 1.29 is 21.7 Å². The maximum Gasteiger partial charge on any atom is 0.243 e. The molecule has 0 saturated carbocycles. The van der Waals surface area contributed by atoms with Crippen LogP contribution in [0.2, 0.25) is 0 Å². The van der Waals surface area contributed by atoms with Crippen molar-refractivity contribution in [2.45, 2.75) is 52.6 Å². The SMILES string of the molecule is CCCCn1cc[n+](CCCC)c1.COS(=O)(=O)[O-]. The minimum atomic E-state index is -4.41. The number of rotatable bonds is 7. The van der Waals surface area contributed by atoms with E-state index in [9.17, 15) is 13.0 Å². The molecule has 0 aliphatic rings. The Balaban J connectivity index is 0.000000459. The topological polar surface area (TPSA) is 75.2 Å². The summed E-state index contributed by atoms with van der Waals surface area (Å²) < 4.78 is 35.6. The van der Waals surface area contributed by atoms with Gasteiger partial charge in [0.25, 0.3) is 0 Å². The van der Waals surface area contributed by atoms with Crippen molar-refractivity contribution in [3.05, 3.63) is 18.7 Å². The molecule has 0 bridgehead atoms. The third kappa shape index (κ3) is 10.7. The van der Waals surface area contributed by atoms with E-state index in [0.717, 1.165) is 20.2 Å². The summed E-state index contributed by atoms with van der Waals surface area (Å²) >= 11 is 0. The smallest absolute Gasteiger partial charge is 0.243 e. The van der Waals surface area contributed by atoms with E-state index < -0.39 is 10.4 Å². The Kier molecular flexibility index (Phi) is 9.46. The van der Waals surface area contributed by atoms with Gasteiger partial charge in [0.1, 0.15) is 12.4 Å². The molecule has 0 atom stereocenters. The number of unbranched alkanes of at least 4 members (excludes halogenated alkanes) is 2. The predicted octanol–water partition coefficient (Wildman–Crippen LogP) is 1.47. The van der Waals surface area contributed by atoms with E-state index in [1.165, 1.54) is 25.7 Å². The first-order valence-corrected chi connectivity index (χ1v) is 7.82. The molecule has 0 saturated heterocycles. The van der Waals surface area contributed by atoms with E-state index in [4.69, 9.17) is 0 Å². The van der Waals surface area contributed by atoms with Crippen LogP contribution in [0.25, 0.3) is 0 Å². The molecule has 0 radical (unpaired) electrons. The lowest BCUT2D eigenvalue weighted by Crippen LogP contribution is -2.30. The Bertz CT molecular complexity index is 406. The minimum absolute atomic E-state index is 0.808. The van der Waals surface area contributed by atoms with Crippen molar-refractivity contribution >= 4 is 10.4 Å². The highest BCUT2D eigenvalue weighted by molar-refractivity contribution is 7.80. The van der Waals surface area contributed by atoms with Crippen molar-refractivity contribution in [2.75, 3.05) is 7.11 Å². The molecule has 7 heteroatoms. The van der Waals surface area contributed by atoms with Crippen molar-refractivity contribution in [1.29, 1.82) is 0 Å². The van der Waals surface area contributed by atoms with Crippen LogP contribution in [0.1, 0.15) is 39.5 Å². The second-order valence-corrected chi connectivity index (χ2v) is 5.32. The summed E-state index contributed by atoms with van der Waals surface area (Å²) in [6.07, 6.45) is 11.7. The van der Waals surface area contributed by atoms with Gasteiger partial charge in [-0.25, -0.2) is 17.6 Å². The van der Waals surface area contributed by atoms with Crippen LogP contribution in [0.3, 0.4) is 0 Å². The summed E-state index contributed by atoms with van der Waals surface area (Å²) in [7, 11) is -3.60. The van der Waals surface area contributed by atoms with Crippen molar-refractivity contribution in [1.82, 2.24) is 4.57 Å². The van der Waals surface area contributed by atoms with Gasteiger partial charge in [-0.3, -0.25) is 4.18 Å². The highest BCUT2D eigenvalue weighted by Gasteiger charge is 2.01. The quantitative estimate of drug-likeness (QED) is 0.433. The monoisotopic (exact) mass is 292 g/mol. The highest BCUT2D eigenvalue weighted by Crippen LogP contribution is 1.93. The summed E-state index contributed by atoms with van der Waals surface area (Å²) in [5.41, 5.74) is 0. The fourth-order valence-corrected chi connectivity index (χ4v) is 1.38. The molecule has 112 valence electrons. The lowest BCUT2D eigenvalue weighted by molar-refractivity contribution is -0.696. The lowest BCUT2D eigenvalue weighted by Gasteiger charge is -1.98. The highest BCUT2D eigenvalue weighted by atomic mass is 32.3. The Labute approximate surface area is 116 Å². The third-order valence-electron chi connectivity index (χ3n) is 2.49. The maximum absolute atomic E-state index is 9.22. The molecule has 0 aliphatic carbocycles. The van der Waals surface area contributed by atoms with E-state index in [1.807, 2.05) is 0 Å². The van der Waals surface area contributed by atoms with Gasteiger partial charge >= 0.3 is 0 Å². The van der Waals surface area contributed by atoms with Crippen LogP contribution in [0.4, 0.5) is 0 Å². The summed E-state index contributed by atoms with van der Waals surface area (Å²) in [4.78, 5) is 0. The first-order valence-electron chi connectivity index (χ1n) is 6.49. The van der Waals surface area contributed by atoms with Crippen molar-refractivity contribution in [2.24, 2.45) is 0 Å². The second-order valence-electron chi connectivity index (χ2n) is 4.17. The summed E-state index contributed by atoms with van der Waals surface area (Å²) in [6, 6.07) is 0. The molecular formula is C12H24N2O4S. The Morgan fingerprint density at radius 2 is 1.84 bits per heavy atom. The van der Waals surface area contributed by atoms with Crippen LogP contribution in [-0.2, 0) is 27.7 Å². The van der Waals surface area contributed by atoms with Gasteiger partial charge in [-0.05, 0) is 12.8 Å². The average molecular weight is 292 g/mol. The van der Waals surface area contributed by atoms with Gasteiger partial charge in [0.15, 0.2) is 0 Å². The molecule has 1 aromatic rings. The van der Waals surface area contributed by atoms with E-state index in [1.54, 1.807) is 0 Å². The molecule has 6 nitrogen and oxygen atoms in total. The standard InChI is InChI=1S/C11H21N2.CH4O4S/c1-3-5-7-12-9-10-13(11-12)8-6-4-2;1-5-6(2,3)4/h9-11H,3-8H2,1-2H3;1H3,(H,2,3,4)/q+1;/p-1. The first-order chi connectivity index (χ1) is 8.92. The maximum atomic E-state index is 9.22. The fraction of sp³-hybridized carbons (Fsp3) is 0.750. The zero-order chi connectivity index (χ0) is 14.7. The van der Waals surface area contributed by atoms with E-state index >= 15 is 0 Å². The number of aryl methyl sites for hydroxylation is 2. The van der Waals surface area contributed by atoms with Crippen LogP contribution in [-0.4, -0.2) is 24.6 Å². The Hall–Kier alpha value is -0.920. The molecule has 0 spiro atoms. The van der Waals surface area contributed by atoms with Crippen LogP contribution in [0.15, 0.2) is 18.7 Å². The number of aromatic nitrogens is 2. The predicted molar refractivity (Wildman–Crippen MR) is 71.1 cm³/mol. The van der Waals surface area contributed by atoms with Gasteiger partial charge < -0.3 is 4.55 Å². The van der Waals surface area contributed by atoms with Crippen LogP contribution < -0.4 is 4.57 Å². The molecule has 0 aromatic carbocycles. The van der Waals surface area contributed by atoms with Gasteiger partial charge in [0.05, 0.1) is 20.2 Å². The molecule has 1 heterocycles. The fourth-order valence-electron chi connectivity index (χ4n) is 1.38. The average Bonchev–Trinajstić information content (AvgIpc) is 2.81. The molecule has 0 amide bonds. The zero-order valence-electron chi connectivity index (χ0n) is 11.9. The minimum Gasteiger partial charge on any atom is -0.726 e. The van der Waals surface area contributed by atoms with Crippen LogP contribution >= 0.6 is 0 Å². The number of hydrogen-bond donors (Lipinski definition) is 0. The third-order valence-corrected chi connectivity index (χ3v) is 2.90. The lowest BCUT2D eigenvalue weighted by atomic mass is 10.3. The van der Waals surface area contributed by atoms with E-state index in [2.05, 4.69) is 45.9 Å². The van der Waals surface area contributed by atoms with Crippen LogP contribution in [0.5, 0.6) is 0 Å². The van der Waals surface area contributed by atoms with Gasteiger partial charge in [0, 0.05) is 0 Å². The Morgan fingerprint density at radius 3 is 2.32 bits per heavy atom. The van der Waals surface area contributed by atoms with Gasteiger partial charge in [-0.2, -0.15) is 0 Å². The first kappa shape index (κ1) is 18.1. The number of nitrogens with zero attached hydrogens (tertiary/aromatic N) is 2. The number of hydrogen-bond acceptors (Lipinski definition) is 4. The molecular weight excluding hydrogens is 268 g/mol. The Morgan fingerprint density at radius 1 is 1.26 bits per heavy atom. The van der Waals surface area contributed by atoms with E-state index in [-0.39, 0.29) is 0 Å². The molecule has 1 aromatic heterocycles. The summed E-state index contributed by atoms with van der Waals surface area (Å²) in [6.45, 7) is 6.79. The van der Waals surface area contributed by atoms with Crippen molar-refractivity contribution in [3.63, 3.8) is 0 Å². The van der Waals surface area contributed by atoms with Gasteiger partial charge in [-0.15, -0.1) is 0 Å². The van der Waals surface area contributed by atoms with E-state index in [0.29, 0.717) is 0 Å². The molecule has 0 fully saturated rings. The number of imidazole rings is 1. The molecule has 1 rings (SSSR count).